The highest BCUT2D eigenvalue weighted by Crippen LogP contribution is 2.22. The van der Waals surface area contributed by atoms with Crippen molar-refractivity contribution in [2.24, 2.45) is 0 Å². The molecular weight excluding hydrogens is 416 g/mol. The van der Waals surface area contributed by atoms with Gasteiger partial charge in [0.25, 0.3) is 5.91 Å². The first-order chi connectivity index (χ1) is 13.6. The molecule has 1 unspecified atom stereocenters. The Hall–Kier alpha value is -2.42. The van der Waals surface area contributed by atoms with Gasteiger partial charge in [-0.15, -0.1) is 0 Å². The molecule has 0 heterocycles. The molecule has 9 heteroatoms. The van der Waals surface area contributed by atoms with Gasteiger partial charge in [0.05, 0.1) is 10.5 Å². The fraction of sp³-hybridized carbons (Fsp3) is 0.300. The summed E-state index contributed by atoms with van der Waals surface area (Å²) in [4.78, 5) is 24.2. The van der Waals surface area contributed by atoms with E-state index in [9.17, 15) is 18.0 Å². The fourth-order valence-corrected chi connectivity index (χ4v) is 3.83. The summed E-state index contributed by atoms with van der Waals surface area (Å²) >= 11 is 6.00. The normalized spacial score (nSPS) is 12.3. The van der Waals surface area contributed by atoms with Crippen molar-refractivity contribution in [3.05, 3.63) is 58.6 Å². The van der Waals surface area contributed by atoms with E-state index in [1.165, 1.54) is 24.3 Å². The van der Waals surface area contributed by atoms with Crippen molar-refractivity contribution in [3.8, 4) is 0 Å². The number of anilines is 1. The summed E-state index contributed by atoms with van der Waals surface area (Å²) in [5, 5.41) is 3.13. The molecule has 0 spiro atoms. The predicted molar refractivity (Wildman–Crippen MR) is 112 cm³/mol. The zero-order chi connectivity index (χ0) is 21.6. The number of carbonyl (C=O) groups excluding carboxylic acids is 2. The summed E-state index contributed by atoms with van der Waals surface area (Å²) in [7, 11) is -3.66. The van der Waals surface area contributed by atoms with Crippen LogP contribution in [0.2, 0.25) is 5.02 Å². The molecule has 2 N–H and O–H groups in total. The number of ether oxygens (including phenoxy) is 1. The van der Waals surface area contributed by atoms with E-state index in [1.54, 1.807) is 32.0 Å². The maximum absolute atomic E-state index is 12.2. The minimum absolute atomic E-state index is 0.0449. The SMILES string of the molecule is CCC(C)NS(=O)(=O)c1ccc(C(=O)OCC(=O)Nc2cccc(Cl)c2C)cc1. The highest BCUT2D eigenvalue weighted by atomic mass is 35.5. The number of hydrogen-bond acceptors (Lipinski definition) is 5. The predicted octanol–water partition coefficient (Wildman–Crippen LogP) is 3.52. The Labute approximate surface area is 175 Å². The zero-order valence-corrected chi connectivity index (χ0v) is 17.9. The maximum atomic E-state index is 12.2. The summed E-state index contributed by atoms with van der Waals surface area (Å²) < 4.78 is 32.0. The fourth-order valence-electron chi connectivity index (χ4n) is 2.33. The number of esters is 1. The average Bonchev–Trinajstić information content (AvgIpc) is 2.69. The number of nitrogens with one attached hydrogen (secondary N) is 2. The molecule has 0 aliphatic carbocycles. The van der Waals surface area contributed by atoms with Crippen LogP contribution in [-0.4, -0.2) is 32.9 Å². The Morgan fingerprint density at radius 2 is 1.79 bits per heavy atom. The van der Waals surface area contributed by atoms with E-state index in [2.05, 4.69) is 10.0 Å². The van der Waals surface area contributed by atoms with Gasteiger partial charge in [0, 0.05) is 16.8 Å². The summed E-state index contributed by atoms with van der Waals surface area (Å²) in [6, 6.07) is 10.2. The van der Waals surface area contributed by atoms with E-state index in [-0.39, 0.29) is 16.5 Å². The Bertz CT molecular complexity index is 990. The van der Waals surface area contributed by atoms with Crippen molar-refractivity contribution in [1.82, 2.24) is 4.72 Å². The summed E-state index contributed by atoms with van der Waals surface area (Å²) in [5.41, 5.74) is 1.37. The monoisotopic (exact) mass is 438 g/mol. The van der Waals surface area contributed by atoms with Gasteiger partial charge in [0.1, 0.15) is 0 Å². The second-order valence-electron chi connectivity index (χ2n) is 6.49. The number of carbonyl (C=O) groups is 2. The van der Waals surface area contributed by atoms with Crippen LogP contribution in [0.15, 0.2) is 47.4 Å². The molecule has 29 heavy (non-hydrogen) atoms. The largest absolute Gasteiger partial charge is 0.452 e. The van der Waals surface area contributed by atoms with Gasteiger partial charge in [-0.25, -0.2) is 17.9 Å². The Kier molecular flexibility index (Phi) is 7.78. The van der Waals surface area contributed by atoms with Crippen molar-refractivity contribution < 1.29 is 22.7 Å². The third-order valence-electron chi connectivity index (χ3n) is 4.25. The molecule has 2 aromatic rings. The number of sulfonamides is 1. The number of halogens is 1. The van der Waals surface area contributed by atoms with Gasteiger partial charge in [-0.3, -0.25) is 4.79 Å². The summed E-state index contributed by atoms with van der Waals surface area (Å²) in [6.07, 6.45) is 0.653. The zero-order valence-electron chi connectivity index (χ0n) is 16.4. The lowest BCUT2D eigenvalue weighted by molar-refractivity contribution is -0.119. The molecule has 2 aromatic carbocycles. The van der Waals surface area contributed by atoms with E-state index in [0.29, 0.717) is 22.7 Å². The third kappa shape index (κ3) is 6.28. The molecule has 1 atom stereocenters. The Morgan fingerprint density at radius 3 is 2.41 bits per heavy atom. The molecular formula is C20H23ClN2O5S. The molecule has 0 aliphatic rings. The number of amides is 1. The lowest BCUT2D eigenvalue weighted by atomic mass is 10.2. The first-order valence-corrected chi connectivity index (χ1v) is 10.8. The molecule has 7 nitrogen and oxygen atoms in total. The molecule has 0 aromatic heterocycles. The molecule has 0 aliphatic heterocycles. The van der Waals surface area contributed by atoms with Crippen LogP contribution < -0.4 is 10.0 Å². The van der Waals surface area contributed by atoms with E-state index in [1.807, 2.05) is 6.92 Å². The van der Waals surface area contributed by atoms with Gasteiger partial charge in [0.15, 0.2) is 6.61 Å². The van der Waals surface area contributed by atoms with Crippen molar-refractivity contribution in [1.29, 1.82) is 0 Å². The maximum Gasteiger partial charge on any atom is 0.338 e. The molecule has 156 valence electrons. The molecule has 0 radical (unpaired) electrons. The van der Waals surface area contributed by atoms with Gasteiger partial charge in [-0.1, -0.05) is 24.6 Å². The van der Waals surface area contributed by atoms with Crippen LogP contribution >= 0.6 is 11.6 Å². The van der Waals surface area contributed by atoms with Crippen LogP contribution in [0.25, 0.3) is 0 Å². The summed E-state index contributed by atoms with van der Waals surface area (Å²) in [6.45, 7) is 4.91. The smallest absolute Gasteiger partial charge is 0.338 e. The molecule has 2 rings (SSSR count). The topological polar surface area (TPSA) is 102 Å². The Balaban J connectivity index is 1.95. The lowest BCUT2D eigenvalue weighted by Gasteiger charge is -2.12. The van der Waals surface area contributed by atoms with Crippen LogP contribution in [0.3, 0.4) is 0 Å². The number of hydrogen-bond donors (Lipinski definition) is 2. The van der Waals surface area contributed by atoms with Crippen molar-refractivity contribution in [2.75, 3.05) is 11.9 Å². The van der Waals surface area contributed by atoms with E-state index in [0.717, 1.165) is 0 Å². The number of rotatable bonds is 8. The number of benzene rings is 2. The minimum atomic E-state index is -3.66. The first kappa shape index (κ1) is 22.9. The first-order valence-electron chi connectivity index (χ1n) is 8.98. The third-order valence-corrected chi connectivity index (χ3v) is 6.26. The van der Waals surface area contributed by atoms with Gasteiger partial charge >= 0.3 is 5.97 Å². The van der Waals surface area contributed by atoms with E-state index >= 15 is 0 Å². The molecule has 0 fully saturated rings. The Morgan fingerprint density at radius 1 is 1.14 bits per heavy atom. The second kappa shape index (κ2) is 9.87. The van der Waals surface area contributed by atoms with Crippen molar-refractivity contribution in [3.63, 3.8) is 0 Å². The molecule has 1 amide bonds. The summed E-state index contributed by atoms with van der Waals surface area (Å²) in [5.74, 6) is -1.25. The average molecular weight is 439 g/mol. The quantitative estimate of drug-likeness (QED) is 0.614. The van der Waals surface area contributed by atoms with E-state index < -0.39 is 28.5 Å². The van der Waals surface area contributed by atoms with Gasteiger partial charge in [-0.2, -0.15) is 0 Å². The highest BCUT2D eigenvalue weighted by Gasteiger charge is 2.18. The second-order valence-corrected chi connectivity index (χ2v) is 8.61. The van der Waals surface area contributed by atoms with E-state index in [4.69, 9.17) is 16.3 Å². The van der Waals surface area contributed by atoms with Crippen molar-refractivity contribution >= 4 is 39.2 Å². The lowest BCUT2D eigenvalue weighted by Crippen LogP contribution is -2.32. The van der Waals surface area contributed by atoms with Gasteiger partial charge in [-0.05, 0) is 62.2 Å². The molecule has 0 bridgehead atoms. The molecule has 0 saturated carbocycles. The van der Waals surface area contributed by atoms with Crippen LogP contribution in [-0.2, 0) is 19.6 Å². The van der Waals surface area contributed by atoms with Crippen LogP contribution in [0, 0.1) is 6.92 Å². The van der Waals surface area contributed by atoms with Gasteiger partial charge < -0.3 is 10.1 Å². The standard InChI is InChI=1S/C20H23ClN2O5S/c1-4-13(2)23-29(26,27)16-10-8-15(9-11-16)20(25)28-12-19(24)22-18-7-5-6-17(21)14(18)3/h5-11,13,23H,4,12H2,1-3H3,(H,22,24). The molecule has 0 saturated heterocycles. The minimum Gasteiger partial charge on any atom is -0.452 e. The van der Waals surface area contributed by atoms with Crippen LogP contribution in [0.5, 0.6) is 0 Å². The van der Waals surface area contributed by atoms with Crippen molar-refractivity contribution in [2.45, 2.75) is 38.1 Å². The van der Waals surface area contributed by atoms with Crippen LogP contribution in [0.4, 0.5) is 5.69 Å². The van der Waals surface area contributed by atoms with Crippen LogP contribution in [0.1, 0.15) is 36.2 Å². The van der Waals surface area contributed by atoms with Gasteiger partial charge in [0.2, 0.25) is 10.0 Å². The highest BCUT2D eigenvalue weighted by molar-refractivity contribution is 7.89.